The molecule has 1 aromatic rings. The van der Waals surface area contributed by atoms with Crippen molar-refractivity contribution in [2.24, 2.45) is 0 Å². The van der Waals surface area contributed by atoms with Gasteiger partial charge in [-0.2, -0.15) is 17.7 Å². The number of aryl methyl sites for hydroxylation is 1. The third-order valence-corrected chi connectivity index (χ3v) is 14.7. The van der Waals surface area contributed by atoms with Gasteiger partial charge in [-0.3, -0.25) is 18.9 Å². The Morgan fingerprint density at radius 3 is 2.51 bits per heavy atom. The van der Waals surface area contributed by atoms with E-state index in [9.17, 15) is 37.9 Å². The Bertz CT molecular complexity index is 1530. The number of aromatic nitrogens is 2. The van der Waals surface area contributed by atoms with E-state index in [1.807, 2.05) is 12.5 Å². The van der Waals surface area contributed by atoms with Gasteiger partial charge in [0.15, 0.2) is 0 Å². The normalized spacial score (nSPS) is 25.9. The van der Waals surface area contributed by atoms with Crippen molar-refractivity contribution in [2.75, 3.05) is 30.9 Å². The Hall–Kier alpha value is -1.28. The summed E-state index contributed by atoms with van der Waals surface area (Å²) in [6.45, 7) is 0.651. The van der Waals surface area contributed by atoms with E-state index in [1.54, 1.807) is 0 Å². The molecule has 24 heteroatoms. The lowest BCUT2D eigenvalue weighted by Crippen LogP contribution is -2.33. The number of allylic oxidation sites excluding steroid dienone is 2. The Kier molecular flexibility index (Phi) is 14.6. The molecule has 47 heavy (non-hydrogen) atoms. The number of carbonyl (C=O) groups excluding carboxylic acids is 1. The zero-order valence-corrected chi connectivity index (χ0v) is 30.0. The van der Waals surface area contributed by atoms with Gasteiger partial charge in [-0.25, -0.2) is 23.3 Å². The van der Waals surface area contributed by atoms with Crippen LogP contribution < -0.4 is 16.6 Å². The van der Waals surface area contributed by atoms with Crippen molar-refractivity contribution < 1.29 is 65.4 Å². The van der Waals surface area contributed by atoms with Gasteiger partial charge in [0.1, 0.15) is 24.4 Å². The predicted molar refractivity (Wildman–Crippen MR) is 172 cm³/mol. The highest BCUT2D eigenvalue weighted by Gasteiger charge is 2.43. The standard InChI is InChI=1S/C23H40N3O16P3S2/c1-16-12-26(22(28)25-21(16)27)20-11-18(19(40-20)13-38-44(33,34)42-45(35,36)41-43(30,31)32)37-15-46-47(2,3)14-24-23(29)39-17-9-7-5-4-6-8-10-17/h4-5,12,17-20H,6-11,13-15H2,1-3H3,(H,24,29)(H,33,34)(H,35,36)(H,25,27,28)(H2,30,31,32)/b5-4+/t17?,18?,19-,20-/m1/s1. The lowest BCUT2D eigenvalue weighted by molar-refractivity contribution is -0.0543. The molecule has 1 aliphatic carbocycles. The maximum Gasteiger partial charge on any atom is 0.490 e. The summed E-state index contributed by atoms with van der Waals surface area (Å²) in [4.78, 5) is 75.7. The monoisotopic (exact) mass is 771 g/mol. The van der Waals surface area contributed by atoms with E-state index in [2.05, 4.69) is 31.1 Å². The maximum absolute atomic E-state index is 12.5. The van der Waals surface area contributed by atoms with Crippen LogP contribution >= 0.6 is 43.3 Å². The molecule has 270 valence electrons. The maximum atomic E-state index is 12.5. The Labute approximate surface area is 274 Å². The molecule has 0 spiro atoms. The fourth-order valence-electron chi connectivity index (χ4n) is 4.42. The van der Waals surface area contributed by atoms with Gasteiger partial charge >= 0.3 is 35.3 Å². The summed E-state index contributed by atoms with van der Waals surface area (Å²) in [6, 6.07) is 0. The van der Waals surface area contributed by atoms with E-state index in [-0.39, 0.29) is 24.0 Å². The van der Waals surface area contributed by atoms with E-state index < -0.39 is 74.9 Å². The lowest BCUT2D eigenvalue weighted by Gasteiger charge is -2.31. The number of hydrogen-bond donors (Lipinski definition) is 6. The molecule has 0 aromatic carbocycles. The summed E-state index contributed by atoms with van der Waals surface area (Å²) in [5.74, 6) is 0.345. The zero-order valence-electron chi connectivity index (χ0n) is 25.7. The highest BCUT2D eigenvalue weighted by molar-refractivity contribution is 8.93. The predicted octanol–water partition coefficient (Wildman–Crippen LogP) is 3.10. The number of nitrogens with zero attached hydrogens (tertiary/aromatic N) is 1. The number of alkyl carbamates (subject to hydrolysis) is 1. The molecule has 1 saturated heterocycles. The summed E-state index contributed by atoms with van der Waals surface area (Å²) in [5.41, 5.74) is -1.21. The second-order valence-corrected chi connectivity index (χ2v) is 22.4. The van der Waals surface area contributed by atoms with Crippen molar-refractivity contribution in [1.29, 1.82) is 0 Å². The molecule has 1 amide bonds. The second-order valence-electron chi connectivity index (χ2n) is 10.9. The second kappa shape index (κ2) is 17.1. The molecule has 0 bridgehead atoms. The van der Waals surface area contributed by atoms with Crippen LogP contribution in [0.25, 0.3) is 0 Å². The number of ether oxygens (including phenoxy) is 3. The van der Waals surface area contributed by atoms with Crippen LogP contribution in [0.4, 0.5) is 4.79 Å². The molecule has 1 fully saturated rings. The SMILES string of the molecule is Cc1cn([C@H]2CC(OCSS(C)(C)CNC(=O)OC3CC/C=C/CCC3)[C@@H](COP(=O)(O)OP(=O)(O)OP(=O)(O)O)O2)c(=O)[nH]c1=O. The molecular formula is C23H40N3O16P3S2. The van der Waals surface area contributed by atoms with Crippen molar-refractivity contribution >= 4 is 49.4 Å². The van der Waals surface area contributed by atoms with Gasteiger partial charge in [-0.15, -0.1) is 0 Å². The van der Waals surface area contributed by atoms with E-state index in [4.69, 9.17) is 28.5 Å². The zero-order chi connectivity index (χ0) is 35.0. The highest BCUT2D eigenvalue weighted by Crippen LogP contribution is 2.66. The van der Waals surface area contributed by atoms with E-state index in [0.717, 1.165) is 36.7 Å². The first kappa shape index (κ1) is 40.2. The summed E-state index contributed by atoms with van der Waals surface area (Å²) in [5, 5.41) is 2.80. The molecule has 19 nitrogen and oxygen atoms in total. The highest BCUT2D eigenvalue weighted by atomic mass is 33.2. The van der Waals surface area contributed by atoms with E-state index in [0.29, 0.717) is 5.88 Å². The summed E-state index contributed by atoms with van der Waals surface area (Å²) in [6.07, 6.45) is 9.79. The molecule has 2 heterocycles. The van der Waals surface area contributed by atoms with Crippen molar-refractivity contribution in [2.45, 2.75) is 70.0 Å². The average molecular weight is 772 g/mol. The largest absolute Gasteiger partial charge is 0.490 e. The Morgan fingerprint density at radius 1 is 1.11 bits per heavy atom. The molecule has 0 radical (unpaired) electrons. The number of nitrogens with one attached hydrogen (secondary N) is 2. The number of carbonyl (C=O) groups is 1. The van der Waals surface area contributed by atoms with Gasteiger partial charge in [0, 0.05) is 18.2 Å². The fourth-order valence-corrected chi connectivity index (χ4v) is 9.87. The molecule has 3 rings (SSSR count). The van der Waals surface area contributed by atoms with Crippen molar-refractivity contribution in [3.8, 4) is 0 Å². The number of hydrogen-bond acceptors (Lipinski definition) is 13. The fraction of sp³-hybridized carbons (Fsp3) is 0.696. The number of aromatic amines is 1. The minimum atomic E-state index is -5.75. The quantitative estimate of drug-likeness (QED) is 0.0647. The van der Waals surface area contributed by atoms with Crippen LogP contribution in [0.1, 0.15) is 50.3 Å². The van der Waals surface area contributed by atoms with E-state index >= 15 is 0 Å². The minimum absolute atomic E-state index is 0.00666. The van der Waals surface area contributed by atoms with Crippen molar-refractivity contribution in [3.05, 3.63) is 44.8 Å². The van der Waals surface area contributed by atoms with Gasteiger partial charge in [-0.1, -0.05) is 22.9 Å². The van der Waals surface area contributed by atoms with E-state index in [1.165, 1.54) is 23.9 Å². The molecule has 0 saturated carbocycles. The van der Waals surface area contributed by atoms with Crippen LogP contribution in [-0.4, -0.2) is 84.5 Å². The van der Waals surface area contributed by atoms with Gasteiger partial charge in [0.25, 0.3) is 5.56 Å². The summed E-state index contributed by atoms with van der Waals surface area (Å²) in [7, 11) is -17.0. The molecule has 2 aliphatic rings. The third kappa shape index (κ3) is 14.2. The van der Waals surface area contributed by atoms with Crippen LogP contribution in [0, 0.1) is 6.92 Å². The molecule has 6 N–H and O–H groups in total. The summed E-state index contributed by atoms with van der Waals surface area (Å²) >= 11 is 0. The molecule has 1 aromatic heterocycles. The Morgan fingerprint density at radius 2 is 1.81 bits per heavy atom. The molecule has 1 aliphatic heterocycles. The number of H-pyrrole nitrogens is 1. The van der Waals surface area contributed by atoms with Crippen molar-refractivity contribution in [1.82, 2.24) is 14.9 Å². The van der Waals surface area contributed by atoms with Crippen molar-refractivity contribution in [3.63, 3.8) is 0 Å². The molecule has 4 unspecified atom stereocenters. The Balaban J connectivity index is 1.61. The van der Waals surface area contributed by atoms with Crippen LogP contribution in [0.5, 0.6) is 0 Å². The smallest absolute Gasteiger partial charge is 0.446 e. The summed E-state index contributed by atoms with van der Waals surface area (Å²) < 4.78 is 65.6. The van der Waals surface area contributed by atoms with Crippen LogP contribution in [0.2, 0.25) is 0 Å². The van der Waals surface area contributed by atoms with Crippen LogP contribution in [0.3, 0.4) is 0 Å². The lowest BCUT2D eigenvalue weighted by atomic mass is 10.0. The first-order valence-corrected chi connectivity index (χ1v) is 22.7. The number of phosphoric ester groups is 1. The first-order valence-electron chi connectivity index (χ1n) is 14.1. The number of amides is 1. The minimum Gasteiger partial charge on any atom is -0.446 e. The van der Waals surface area contributed by atoms with Gasteiger partial charge < -0.3 is 39.1 Å². The topological polar surface area (TPSA) is 271 Å². The van der Waals surface area contributed by atoms with Crippen LogP contribution in [-0.2, 0) is 41.1 Å². The number of phosphoric acid groups is 3. The molecule has 6 atom stereocenters. The third-order valence-electron chi connectivity index (χ3n) is 6.66. The van der Waals surface area contributed by atoms with Gasteiger partial charge in [-0.05, 0) is 51.5 Å². The molecular weight excluding hydrogens is 731 g/mol. The van der Waals surface area contributed by atoms with Gasteiger partial charge in [0.05, 0.1) is 18.6 Å². The first-order chi connectivity index (χ1) is 21.7. The van der Waals surface area contributed by atoms with Gasteiger partial charge in [0.2, 0.25) is 0 Å². The average Bonchev–Trinajstić information content (AvgIpc) is 3.30. The number of rotatable bonds is 15. The van der Waals surface area contributed by atoms with Crippen LogP contribution in [0.15, 0.2) is 27.9 Å².